The van der Waals surface area contributed by atoms with E-state index in [1.54, 1.807) is 24.3 Å². The molecule has 0 saturated carbocycles. The van der Waals surface area contributed by atoms with Gasteiger partial charge in [0, 0.05) is 18.3 Å². The molecule has 0 aliphatic carbocycles. The summed E-state index contributed by atoms with van der Waals surface area (Å²) in [6, 6.07) is 6.77. The maximum Gasteiger partial charge on any atom is 0.240 e. The Morgan fingerprint density at radius 1 is 1.17 bits per heavy atom. The van der Waals surface area contributed by atoms with Gasteiger partial charge in [0.25, 0.3) is 0 Å². The second kappa shape index (κ2) is 6.75. The van der Waals surface area contributed by atoms with Gasteiger partial charge in [-0.1, -0.05) is 13.3 Å². The monoisotopic (exact) mass is 270 g/mol. The highest BCUT2D eigenvalue weighted by atomic mass is 32.2. The van der Waals surface area contributed by atoms with Crippen molar-refractivity contribution in [1.82, 2.24) is 4.72 Å². The first-order valence-corrected chi connectivity index (χ1v) is 7.84. The van der Waals surface area contributed by atoms with Crippen LogP contribution in [0.1, 0.15) is 33.6 Å². The summed E-state index contributed by atoms with van der Waals surface area (Å²) in [7, 11) is -3.39. The molecule has 18 heavy (non-hydrogen) atoms. The van der Waals surface area contributed by atoms with Gasteiger partial charge in [-0.25, -0.2) is 13.1 Å². The summed E-state index contributed by atoms with van der Waals surface area (Å²) in [4.78, 5) is 0.312. The molecule has 1 unspecified atom stereocenters. The third kappa shape index (κ3) is 4.31. The lowest BCUT2D eigenvalue weighted by Gasteiger charge is -2.13. The van der Waals surface area contributed by atoms with Gasteiger partial charge >= 0.3 is 0 Å². The lowest BCUT2D eigenvalue weighted by atomic mass is 10.2. The fourth-order valence-electron chi connectivity index (χ4n) is 1.78. The van der Waals surface area contributed by atoms with E-state index in [0.29, 0.717) is 4.90 Å². The quantitative estimate of drug-likeness (QED) is 0.800. The summed E-state index contributed by atoms with van der Waals surface area (Å²) in [5, 5.41) is 3.13. The van der Waals surface area contributed by atoms with Crippen LogP contribution in [0, 0.1) is 0 Å². The van der Waals surface area contributed by atoms with Crippen LogP contribution in [0.4, 0.5) is 5.69 Å². The van der Waals surface area contributed by atoms with E-state index in [2.05, 4.69) is 10.0 Å². The summed E-state index contributed by atoms with van der Waals surface area (Å²) in [6.45, 7) is 6.74. The van der Waals surface area contributed by atoms with Gasteiger partial charge in [0.2, 0.25) is 10.0 Å². The largest absolute Gasteiger partial charge is 0.385 e. The molecule has 0 heterocycles. The van der Waals surface area contributed by atoms with Crippen LogP contribution in [0.2, 0.25) is 0 Å². The minimum Gasteiger partial charge on any atom is -0.385 e. The molecule has 1 rings (SSSR count). The van der Waals surface area contributed by atoms with Gasteiger partial charge < -0.3 is 5.32 Å². The zero-order valence-electron chi connectivity index (χ0n) is 11.2. The molecule has 0 aliphatic heterocycles. The third-order valence-electron chi connectivity index (χ3n) is 2.62. The first-order valence-electron chi connectivity index (χ1n) is 6.35. The SMILES string of the molecule is CCCC(C)NS(=O)(=O)c1ccc(NCC)cc1. The van der Waals surface area contributed by atoms with Crippen LogP contribution in [-0.4, -0.2) is 21.0 Å². The standard InChI is InChI=1S/C13H22N2O2S/c1-4-6-11(3)15-18(16,17)13-9-7-12(8-10-13)14-5-2/h7-11,14-15H,4-6H2,1-3H3. The summed E-state index contributed by atoms with van der Waals surface area (Å²) >= 11 is 0. The van der Waals surface area contributed by atoms with Crippen molar-refractivity contribution < 1.29 is 8.42 Å². The van der Waals surface area contributed by atoms with E-state index in [1.165, 1.54) is 0 Å². The molecule has 0 amide bonds. The summed E-state index contributed by atoms with van der Waals surface area (Å²) in [5.41, 5.74) is 0.929. The van der Waals surface area contributed by atoms with Crippen molar-refractivity contribution in [3.63, 3.8) is 0 Å². The summed E-state index contributed by atoms with van der Waals surface area (Å²) in [6.07, 6.45) is 1.80. The highest BCUT2D eigenvalue weighted by molar-refractivity contribution is 7.89. The normalized spacial score (nSPS) is 13.3. The third-order valence-corrected chi connectivity index (χ3v) is 4.23. The van der Waals surface area contributed by atoms with Crippen LogP contribution in [-0.2, 0) is 10.0 Å². The molecule has 102 valence electrons. The van der Waals surface area contributed by atoms with E-state index in [-0.39, 0.29) is 6.04 Å². The van der Waals surface area contributed by atoms with Gasteiger partial charge in [0.05, 0.1) is 4.90 Å². The molecule has 0 aromatic heterocycles. The predicted octanol–water partition coefficient (Wildman–Crippen LogP) is 2.59. The van der Waals surface area contributed by atoms with E-state index >= 15 is 0 Å². The molecule has 1 atom stereocenters. The molecule has 0 fully saturated rings. The molecule has 4 nitrogen and oxygen atoms in total. The van der Waals surface area contributed by atoms with Crippen LogP contribution >= 0.6 is 0 Å². The Balaban J connectivity index is 2.78. The van der Waals surface area contributed by atoms with Crippen molar-refractivity contribution in [1.29, 1.82) is 0 Å². The van der Waals surface area contributed by atoms with Crippen molar-refractivity contribution in [2.24, 2.45) is 0 Å². The highest BCUT2D eigenvalue weighted by Crippen LogP contribution is 2.14. The number of rotatable bonds is 7. The number of hydrogen-bond acceptors (Lipinski definition) is 3. The molecular weight excluding hydrogens is 248 g/mol. The van der Waals surface area contributed by atoms with Crippen LogP contribution in [0.25, 0.3) is 0 Å². The Hall–Kier alpha value is -1.07. The Labute approximate surface area is 110 Å². The fraction of sp³-hybridized carbons (Fsp3) is 0.538. The smallest absolute Gasteiger partial charge is 0.240 e. The number of hydrogen-bond donors (Lipinski definition) is 2. The van der Waals surface area contributed by atoms with Gasteiger partial charge in [0.1, 0.15) is 0 Å². The van der Waals surface area contributed by atoms with Crippen molar-refractivity contribution >= 4 is 15.7 Å². The van der Waals surface area contributed by atoms with Gasteiger partial charge in [-0.15, -0.1) is 0 Å². The van der Waals surface area contributed by atoms with Crippen molar-refractivity contribution in [3.8, 4) is 0 Å². The fourth-order valence-corrected chi connectivity index (χ4v) is 3.06. The minimum atomic E-state index is -3.39. The maximum atomic E-state index is 12.1. The first-order chi connectivity index (χ1) is 8.49. The zero-order valence-corrected chi connectivity index (χ0v) is 12.0. The number of benzene rings is 1. The lowest BCUT2D eigenvalue weighted by molar-refractivity contribution is 0.544. The second-order valence-corrected chi connectivity index (χ2v) is 6.08. The number of anilines is 1. The van der Waals surface area contributed by atoms with E-state index in [9.17, 15) is 8.42 Å². The van der Waals surface area contributed by atoms with E-state index in [1.807, 2.05) is 20.8 Å². The van der Waals surface area contributed by atoms with Gasteiger partial charge in [-0.2, -0.15) is 0 Å². The van der Waals surface area contributed by atoms with Crippen LogP contribution in [0.5, 0.6) is 0 Å². The Bertz CT molecular complexity index is 454. The maximum absolute atomic E-state index is 12.1. The molecule has 0 bridgehead atoms. The molecule has 0 saturated heterocycles. The zero-order chi connectivity index (χ0) is 13.6. The highest BCUT2D eigenvalue weighted by Gasteiger charge is 2.16. The van der Waals surface area contributed by atoms with Crippen molar-refractivity contribution in [2.75, 3.05) is 11.9 Å². The molecule has 0 spiro atoms. The molecule has 0 aliphatic rings. The molecule has 1 aromatic carbocycles. The number of sulfonamides is 1. The Kier molecular flexibility index (Phi) is 5.62. The number of nitrogens with one attached hydrogen (secondary N) is 2. The molecule has 2 N–H and O–H groups in total. The lowest BCUT2D eigenvalue weighted by Crippen LogP contribution is -2.32. The summed E-state index contributed by atoms with van der Waals surface area (Å²) in [5.74, 6) is 0. The van der Waals surface area contributed by atoms with Crippen LogP contribution < -0.4 is 10.0 Å². The molecule has 0 radical (unpaired) electrons. The Morgan fingerprint density at radius 2 is 1.78 bits per heavy atom. The molecular formula is C13H22N2O2S. The van der Waals surface area contributed by atoms with Crippen molar-refractivity contribution in [3.05, 3.63) is 24.3 Å². The topological polar surface area (TPSA) is 58.2 Å². The van der Waals surface area contributed by atoms with Crippen LogP contribution in [0.3, 0.4) is 0 Å². The van der Waals surface area contributed by atoms with E-state index in [4.69, 9.17) is 0 Å². The molecule has 5 heteroatoms. The average Bonchev–Trinajstić information content (AvgIpc) is 2.29. The van der Waals surface area contributed by atoms with Crippen LogP contribution in [0.15, 0.2) is 29.2 Å². The molecule has 1 aromatic rings. The summed E-state index contributed by atoms with van der Waals surface area (Å²) < 4.78 is 26.8. The minimum absolute atomic E-state index is 0.0338. The van der Waals surface area contributed by atoms with Crippen molar-refractivity contribution in [2.45, 2.75) is 44.6 Å². The Morgan fingerprint density at radius 3 is 2.28 bits per heavy atom. The van der Waals surface area contributed by atoms with Gasteiger partial charge in [-0.05, 0) is 44.5 Å². The first kappa shape index (κ1) is 15.0. The van der Waals surface area contributed by atoms with E-state index in [0.717, 1.165) is 25.1 Å². The second-order valence-electron chi connectivity index (χ2n) is 4.37. The van der Waals surface area contributed by atoms with E-state index < -0.39 is 10.0 Å². The van der Waals surface area contributed by atoms with Gasteiger partial charge in [0.15, 0.2) is 0 Å². The van der Waals surface area contributed by atoms with Gasteiger partial charge in [-0.3, -0.25) is 0 Å². The predicted molar refractivity (Wildman–Crippen MR) is 75.3 cm³/mol. The average molecular weight is 270 g/mol.